The Kier molecular flexibility index (Phi) is 5.04. The quantitative estimate of drug-likeness (QED) is 0.797. The van der Waals surface area contributed by atoms with Gasteiger partial charge in [0.2, 0.25) is 21.8 Å². The van der Waals surface area contributed by atoms with E-state index in [4.69, 9.17) is 14.4 Å². The first-order valence-corrected chi connectivity index (χ1v) is 9.41. The highest BCUT2D eigenvalue weighted by Crippen LogP contribution is 2.28. The van der Waals surface area contributed by atoms with Crippen LogP contribution in [0.1, 0.15) is 43.2 Å². The highest BCUT2D eigenvalue weighted by molar-refractivity contribution is 7.89. The SMILES string of the molecule is CC(C)c1nnc([C@@H]2CN(S(=O)(=O)c3ccc(F)cc3C#N)CCO2)o1. The summed E-state index contributed by atoms with van der Waals surface area (Å²) in [6, 6.07) is 4.73. The summed E-state index contributed by atoms with van der Waals surface area (Å²) in [5.41, 5.74) is -0.243. The molecule has 0 bridgehead atoms. The summed E-state index contributed by atoms with van der Waals surface area (Å²) < 4.78 is 51.4. The van der Waals surface area contributed by atoms with E-state index in [1.807, 2.05) is 13.8 Å². The molecule has 10 heteroatoms. The van der Waals surface area contributed by atoms with Gasteiger partial charge < -0.3 is 9.15 Å². The zero-order valence-electron chi connectivity index (χ0n) is 14.2. The molecule has 138 valence electrons. The molecule has 0 unspecified atom stereocenters. The van der Waals surface area contributed by atoms with Crippen LogP contribution in [0.4, 0.5) is 4.39 Å². The van der Waals surface area contributed by atoms with Crippen LogP contribution in [0.2, 0.25) is 0 Å². The number of benzene rings is 1. The summed E-state index contributed by atoms with van der Waals surface area (Å²) >= 11 is 0. The average molecular weight is 380 g/mol. The van der Waals surface area contributed by atoms with E-state index < -0.39 is 21.9 Å². The molecule has 0 aliphatic carbocycles. The molecule has 1 fully saturated rings. The van der Waals surface area contributed by atoms with Crippen molar-refractivity contribution >= 4 is 10.0 Å². The fourth-order valence-corrected chi connectivity index (χ4v) is 4.10. The summed E-state index contributed by atoms with van der Waals surface area (Å²) in [6.45, 7) is 3.99. The Morgan fingerprint density at radius 2 is 2.15 bits per heavy atom. The molecular formula is C16H17FN4O4S. The molecular weight excluding hydrogens is 363 g/mol. The monoisotopic (exact) mass is 380 g/mol. The van der Waals surface area contributed by atoms with Gasteiger partial charge in [-0.05, 0) is 18.2 Å². The maximum Gasteiger partial charge on any atom is 0.246 e. The van der Waals surface area contributed by atoms with Gasteiger partial charge in [-0.15, -0.1) is 10.2 Å². The molecule has 0 saturated carbocycles. The van der Waals surface area contributed by atoms with Crippen LogP contribution >= 0.6 is 0 Å². The van der Waals surface area contributed by atoms with Crippen LogP contribution < -0.4 is 0 Å². The van der Waals surface area contributed by atoms with Crippen molar-refractivity contribution in [3.8, 4) is 6.07 Å². The van der Waals surface area contributed by atoms with Crippen molar-refractivity contribution in [3.63, 3.8) is 0 Å². The molecule has 8 nitrogen and oxygen atoms in total. The van der Waals surface area contributed by atoms with Crippen molar-refractivity contribution in [2.75, 3.05) is 19.7 Å². The lowest BCUT2D eigenvalue weighted by molar-refractivity contribution is -0.0179. The minimum Gasteiger partial charge on any atom is -0.422 e. The maximum atomic E-state index is 13.3. The predicted molar refractivity (Wildman–Crippen MR) is 87.0 cm³/mol. The van der Waals surface area contributed by atoms with E-state index in [2.05, 4.69) is 10.2 Å². The molecule has 2 heterocycles. The molecule has 1 saturated heterocycles. The van der Waals surface area contributed by atoms with Crippen LogP contribution in [-0.4, -0.2) is 42.6 Å². The van der Waals surface area contributed by atoms with Crippen molar-refractivity contribution < 1.29 is 22.0 Å². The number of nitrogens with zero attached hydrogens (tertiary/aromatic N) is 4. The first kappa shape index (κ1) is 18.4. The highest BCUT2D eigenvalue weighted by atomic mass is 32.2. The Morgan fingerprint density at radius 3 is 2.81 bits per heavy atom. The second-order valence-corrected chi connectivity index (χ2v) is 8.01. The van der Waals surface area contributed by atoms with Gasteiger partial charge in [-0.2, -0.15) is 9.57 Å². The third-order valence-electron chi connectivity index (χ3n) is 3.93. The zero-order chi connectivity index (χ0) is 18.9. The number of hydrogen-bond donors (Lipinski definition) is 0. The molecule has 0 N–H and O–H groups in total. The largest absolute Gasteiger partial charge is 0.422 e. The molecule has 2 aromatic rings. The summed E-state index contributed by atoms with van der Waals surface area (Å²) in [4.78, 5) is -0.240. The third kappa shape index (κ3) is 3.46. The fourth-order valence-electron chi connectivity index (χ4n) is 2.56. The Hall–Kier alpha value is -2.35. The van der Waals surface area contributed by atoms with Gasteiger partial charge in [0.05, 0.1) is 12.2 Å². The summed E-state index contributed by atoms with van der Waals surface area (Å²) in [5, 5.41) is 17.0. The molecule has 1 aromatic carbocycles. The molecule has 1 aliphatic heterocycles. The number of rotatable bonds is 4. The molecule has 0 amide bonds. The summed E-state index contributed by atoms with van der Waals surface area (Å²) in [5.74, 6) is 0.00611. The van der Waals surface area contributed by atoms with E-state index in [0.717, 1.165) is 18.2 Å². The van der Waals surface area contributed by atoms with Crippen molar-refractivity contribution in [2.24, 2.45) is 0 Å². The summed E-state index contributed by atoms with van der Waals surface area (Å²) in [7, 11) is -4.00. The Balaban J connectivity index is 1.88. The average Bonchev–Trinajstić information content (AvgIpc) is 3.12. The minimum atomic E-state index is -4.00. The van der Waals surface area contributed by atoms with Gasteiger partial charge in [-0.25, -0.2) is 12.8 Å². The van der Waals surface area contributed by atoms with Crippen LogP contribution in [0.5, 0.6) is 0 Å². The lowest BCUT2D eigenvalue weighted by atomic mass is 10.2. The number of sulfonamides is 1. The van der Waals surface area contributed by atoms with Crippen molar-refractivity contribution in [2.45, 2.75) is 30.8 Å². The molecule has 3 rings (SSSR count). The number of morpholine rings is 1. The van der Waals surface area contributed by atoms with Crippen molar-refractivity contribution in [1.82, 2.24) is 14.5 Å². The van der Waals surface area contributed by atoms with E-state index in [1.54, 1.807) is 6.07 Å². The van der Waals surface area contributed by atoms with Gasteiger partial charge >= 0.3 is 0 Å². The van der Waals surface area contributed by atoms with Gasteiger partial charge in [0.25, 0.3) is 0 Å². The predicted octanol–water partition coefficient (Wildman–Crippen LogP) is 1.97. The lowest BCUT2D eigenvalue weighted by Crippen LogP contribution is -2.42. The fraction of sp³-hybridized carbons (Fsp3) is 0.438. The molecule has 1 aromatic heterocycles. The standard InChI is InChI=1S/C16H17FN4O4S/c1-10(2)15-19-20-16(25-15)13-9-21(5-6-24-13)26(22,23)14-4-3-12(17)7-11(14)8-18/h3-4,7,10,13H,5-6,9H2,1-2H3/t13-/m0/s1. The maximum absolute atomic E-state index is 13.3. The number of hydrogen-bond acceptors (Lipinski definition) is 7. The number of aromatic nitrogens is 2. The van der Waals surface area contributed by atoms with Crippen LogP contribution in [0.3, 0.4) is 0 Å². The second-order valence-electron chi connectivity index (χ2n) is 6.11. The zero-order valence-corrected chi connectivity index (χ0v) is 15.0. The van der Waals surface area contributed by atoms with Crippen LogP contribution in [0.15, 0.2) is 27.5 Å². The molecule has 1 aliphatic rings. The highest BCUT2D eigenvalue weighted by Gasteiger charge is 2.35. The van der Waals surface area contributed by atoms with Crippen LogP contribution in [0, 0.1) is 17.1 Å². The number of ether oxygens (including phenoxy) is 1. The third-order valence-corrected chi connectivity index (χ3v) is 5.86. The van der Waals surface area contributed by atoms with E-state index in [0.29, 0.717) is 5.89 Å². The second kappa shape index (κ2) is 7.11. The van der Waals surface area contributed by atoms with Gasteiger partial charge in [0, 0.05) is 19.0 Å². The Morgan fingerprint density at radius 1 is 1.38 bits per heavy atom. The van der Waals surface area contributed by atoms with Crippen LogP contribution in [0.25, 0.3) is 0 Å². The smallest absolute Gasteiger partial charge is 0.246 e. The molecule has 0 radical (unpaired) electrons. The van der Waals surface area contributed by atoms with Crippen molar-refractivity contribution in [3.05, 3.63) is 41.4 Å². The van der Waals surface area contributed by atoms with Gasteiger partial charge in [-0.3, -0.25) is 0 Å². The first-order valence-electron chi connectivity index (χ1n) is 7.97. The number of nitriles is 1. The van der Waals surface area contributed by atoms with E-state index in [1.165, 1.54) is 4.31 Å². The normalized spacial score (nSPS) is 18.8. The number of halogens is 1. The topological polar surface area (TPSA) is 109 Å². The van der Waals surface area contributed by atoms with Crippen molar-refractivity contribution in [1.29, 1.82) is 5.26 Å². The van der Waals surface area contributed by atoms with Gasteiger partial charge in [0.15, 0.2) is 0 Å². The lowest BCUT2D eigenvalue weighted by Gasteiger charge is -2.30. The first-order chi connectivity index (χ1) is 12.3. The Bertz CT molecular complexity index is 951. The minimum absolute atomic E-state index is 0.0374. The molecule has 0 spiro atoms. The Labute approximate surface area is 150 Å². The van der Waals surface area contributed by atoms with Gasteiger partial charge in [-0.1, -0.05) is 13.8 Å². The van der Waals surface area contributed by atoms with Gasteiger partial charge in [0.1, 0.15) is 22.9 Å². The molecule has 1 atom stereocenters. The van der Waals surface area contributed by atoms with E-state index >= 15 is 0 Å². The molecule has 26 heavy (non-hydrogen) atoms. The van der Waals surface area contributed by atoms with E-state index in [-0.39, 0.29) is 42.0 Å². The summed E-state index contributed by atoms with van der Waals surface area (Å²) in [6.07, 6.45) is -0.704. The van der Waals surface area contributed by atoms with Crippen LogP contribution in [-0.2, 0) is 14.8 Å². The van der Waals surface area contributed by atoms with E-state index in [9.17, 15) is 12.8 Å².